The zero-order chi connectivity index (χ0) is 25.3. The van der Waals surface area contributed by atoms with E-state index < -0.39 is 35.4 Å². The number of carboxylic acid groups (broad SMARTS) is 1. The molecule has 0 spiro atoms. The number of aromatic nitrogens is 1. The summed E-state index contributed by atoms with van der Waals surface area (Å²) < 4.78 is 60.0. The van der Waals surface area contributed by atoms with Crippen molar-refractivity contribution >= 4 is 50.2 Å². The van der Waals surface area contributed by atoms with Gasteiger partial charge in [-0.15, -0.1) is 0 Å². The molecule has 0 bridgehead atoms. The van der Waals surface area contributed by atoms with Crippen molar-refractivity contribution in [3.05, 3.63) is 72.0 Å². The third-order valence-corrected chi connectivity index (χ3v) is 5.57. The summed E-state index contributed by atoms with van der Waals surface area (Å²) >= 11 is 1.10. The minimum atomic E-state index is -4.74. The second-order valence-electron chi connectivity index (χ2n) is 7.01. The van der Waals surface area contributed by atoms with Crippen molar-refractivity contribution in [2.45, 2.75) is 6.18 Å². The van der Waals surface area contributed by atoms with E-state index in [1.807, 2.05) is 0 Å². The summed E-state index contributed by atoms with van der Waals surface area (Å²) in [6.07, 6.45) is -5.98. The molecule has 0 radical (unpaired) electrons. The van der Waals surface area contributed by atoms with E-state index in [0.717, 1.165) is 11.3 Å². The molecule has 0 saturated carbocycles. The fourth-order valence-corrected chi connectivity index (χ4v) is 4.04. The largest absolute Gasteiger partial charge is 0.465 e. The molecular formula is C22H14F4N4O4S. The highest BCUT2D eigenvalue weighted by Gasteiger charge is 2.32. The molecule has 1 heterocycles. The average molecular weight is 506 g/mol. The van der Waals surface area contributed by atoms with Crippen LogP contribution in [-0.2, 0) is 6.18 Å². The van der Waals surface area contributed by atoms with Crippen molar-refractivity contribution in [1.29, 1.82) is 0 Å². The van der Waals surface area contributed by atoms with Gasteiger partial charge in [0.1, 0.15) is 17.3 Å². The number of benzene rings is 3. The molecule has 0 fully saturated rings. The zero-order valence-corrected chi connectivity index (χ0v) is 18.2. The van der Waals surface area contributed by atoms with Crippen LogP contribution in [0.3, 0.4) is 0 Å². The van der Waals surface area contributed by atoms with E-state index >= 15 is 0 Å². The fraction of sp³-hybridized carbons (Fsp3) is 0.0455. The summed E-state index contributed by atoms with van der Waals surface area (Å²) in [6.45, 7) is 0. The van der Waals surface area contributed by atoms with Crippen LogP contribution in [0.2, 0.25) is 0 Å². The molecule has 0 aliphatic rings. The SMILES string of the molecule is NC(=O)N(c1ccc(Oc2ccc3nc(NC(=O)O)sc3c2)cc1)c1cc(C(F)(F)F)ccc1F. The smallest absolute Gasteiger partial charge is 0.416 e. The first kappa shape index (κ1) is 23.8. The normalized spacial score (nSPS) is 11.3. The second-order valence-corrected chi connectivity index (χ2v) is 8.04. The van der Waals surface area contributed by atoms with Crippen LogP contribution in [0.1, 0.15) is 5.56 Å². The highest BCUT2D eigenvalue weighted by molar-refractivity contribution is 7.22. The molecule has 180 valence electrons. The van der Waals surface area contributed by atoms with E-state index in [1.54, 1.807) is 18.2 Å². The van der Waals surface area contributed by atoms with Gasteiger partial charge in [-0.1, -0.05) is 11.3 Å². The third-order valence-electron chi connectivity index (χ3n) is 4.64. The van der Waals surface area contributed by atoms with E-state index in [2.05, 4.69) is 10.3 Å². The Morgan fingerprint density at radius 2 is 1.71 bits per heavy atom. The van der Waals surface area contributed by atoms with Gasteiger partial charge in [-0.3, -0.25) is 10.2 Å². The fourth-order valence-electron chi connectivity index (χ4n) is 3.16. The molecule has 0 aliphatic carbocycles. The van der Waals surface area contributed by atoms with Crippen molar-refractivity contribution in [2.24, 2.45) is 5.73 Å². The number of halogens is 4. The van der Waals surface area contributed by atoms with Crippen LogP contribution in [0.15, 0.2) is 60.7 Å². The first-order chi connectivity index (χ1) is 16.5. The number of amides is 3. The van der Waals surface area contributed by atoms with Gasteiger partial charge in [0.2, 0.25) is 0 Å². The van der Waals surface area contributed by atoms with E-state index in [-0.39, 0.29) is 10.8 Å². The van der Waals surface area contributed by atoms with Gasteiger partial charge in [0.25, 0.3) is 0 Å². The molecule has 0 unspecified atom stereocenters. The van der Waals surface area contributed by atoms with E-state index in [1.165, 1.54) is 24.3 Å². The Labute approximate surface area is 198 Å². The number of hydrogen-bond donors (Lipinski definition) is 3. The number of nitrogens with one attached hydrogen (secondary N) is 1. The molecule has 13 heteroatoms. The number of carbonyl (C=O) groups excluding carboxylic acids is 1. The summed E-state index contributed by atoms with van der Waals surface area (Å²) in [5.41, 5.74) is 4.12. The summed E-state index contributed by atoms with van der Waals surface area (Å²) in [6, 6.07) is 10.9. The van der Waals surface area contributed by atoms with E-state index in [0.29, 0.717) is 44.8 Å². The Hall–Kier alpha value is -4.39. The van der Waals surface area contributed by atoms with Gasteiger partial charge in [0.05, 0.1) is 27.2 Å². The average Bonchev–Trinajstić information content (AvgIpc) is 3.16. The summed E-state index contributed by atoms with van der Waals surface area (Å²) in [5, 5.41) is 11.2. The number of primary amides is 1. The maximum atomic E-state index is 14.3. The van der Waals surface area contributed by atoms with Crippen molar-refractivity contribution in [2.75, 3.05) is 10.2 Å². The van der Waals surface area contributed by atoms with Gasteiger partial charge in [-0.2, -0.15) is 13.2 Å². The number of carbonyl (C=O) groups is 2. The van der Waals surface area contributed by atoms with Crippen LogP contribution in [0, 0.1) is 5.82 Å². The number of ether oxygens (including phenoxy) is 1. The highest BCUT2D eigenvalue weighted by Crippen LogP contribution is 2.36. The van der Waals surface area contributed by atoms with Gasteiger partial charge < -0.3 is 15.6 Å². The molecule has 35 heavy (non-hydrogen) atoms. The van der Waals surface area contributed by atoms with Crippen molar-refractivity contribution in [3.8, 4) is 11.5 Å². The summed E-state index contributed by atoms with van der Waals surface area (Å²) in [7, 11) is 0. The standard InChI is InChI=1S/C22H14F4N4O4S/c23-15-7-1-11(22(24,25)26)9-17(15)30(19(27)31)12-2-4-13(5-3-12)34-14-6-8-16-18(10-14)35-20(28-16)29-21(32)33/h1-10H,(H2,27,31)(H,28,29)(H,32,33). The van der Waals surface area contributed by atoms with Crippen LogP contribution in [0.25, 0.3) is 10.2 Å². The van der Waals surface area contributed by atoms with Crippen molar-refractivity contribution in [1.82, 2.24) is 4.98 Å². The Kier molecular flexibility index (Phi) is 6.18. The Morgan fingerprint density at radius 1 is 1.03 bits per heavy atom. The third kappa shape index (κ3) is 5.24. The number of urea groups is 1. The highest BCUT2D eigenvalue weighted by atomic mass is 32.1. The molecule has 0 saturated heterocycles. The van der Waals surface area contributed by atoms with Gasteiger partial charge in [-0.05, 0) is 54.6 Å². The van der Waals surface area contributed by atoms with Crippen LogP contribution in [0.4, 0.5) is 43.7 Å². The topological polar surface area (TPSA) is 118 Å². The summed E-state index contributed by atoms with van der Waals surface area (Å²) in [4.78, 5) is 27.5. The lowest BCUT2D eigenvalue weighted by molar-refractivity contribution is -0.137. The molecular weight excluding hydrogens is 492 g/mol. The van der Waals surface area contributed by atoms with Crippen LogP contribution in [-0.4, -0.2) is 22.2 Å². The Bertz CT molecular complexity index is 1420. The quantitative estimate of drug-likeness (QED) is 0.265. The first-order valence-corrected chi connectivity index (χ1v) is 10.5. The minimum Gasteiger partial charge on any atom is -0.465 e. The Balaban J connectivity index is 1.59. The maximum absolute atomic E-state index is 14.3. The van der Waals surface area contributed by atoms with Gasteiger partial charge in [0, 0.05) is 6.07 Å². The lowest BCUT2D eigenvalue weighted by Crippen LogP contribution is -2.32. The number of anilines is 3. The molecule has 3 aromatic carbocycles. The Morgan fingerprint density at radius 3 is 2.34 bits per heavy atom. The predicted molar refractivity (Wildman–Crippen MR) is 121 cm³/mol. The molecule has 4 N–H and O–H groups in total. The zero-order valence-electron chi connectivity index (χ0n) is 17.3. The van der Waals surface area contributed by atoms with E-state index in [9.17, 15) is 27.2 Å². The number of alkyl halides is 3. The number of fused-ring (bicyclic) bond motifs is 1. The monoisotopic (exact) mass is 506 g/mol. The van der Waals surface area contributed by atoms with Crippen LogP contribution >= 0.6 is 11.3 Å². The molecule has 1 aromatic heterocycles. The number of nitrogens with two attached hydrogens (primary N) is 1. The van der Waals surface area contributed by atoms with E-state index in [4.69, 9.17) is 15.6 Å². The van der Waals surface area contributed by atoms with Crippen LogP contribution < -0.4 is 20.7 Å². The molecule has 0 atom stereocenters. The number of hydrogen-bond acceptors (Lipinski definition) is 5. The molecule has 8 nitrogen and oxygen atoms in total. The van der Waals surface area contributed by atoms with Gasteiger partial charge >= 0.3 is 18.3 Å². The number of rotatable bonds is 5. The number of nitrogens with zero attached hydrogens (tertiary/aromatic N) is 2. The predicted octanol–water partition coefficient (Wildman–Crippen LogP) is 6.55. The molecule has 4 rings (SSSR count). The maximum Gasteiger partial charge on any atom is 0.416 e. The lowest BCUT2D eigenvalue weighted by atomic mass is 10.1. The first-order valence-electron chi connectivity index (χ1n) is 9.66. The van der Waals surface area contributed by atoms with Gasteiger partial charge in [0.15, 0.2) is 5.13 Å². The van der Waals surface area contributed by atoms with Gasteiger partial charge in [-0.25, -0.2) is 19.0 Å². The van der Waals surface area contributed by atoms with Crippen molar-refractivity contribution in [3.63, 3.8) is 0 Å². The second kappa shape index (κ2) is 9.10. The number of thiazole rings is 1. The van der Waals surface area contributed by atoms with Crippen molar-refractivity contribution < 1.29 is 37.0 Å². The lowest BCUT2D eigenvalue weighted by Gasteiger charge is -2.22. The minimum absolute atomic E-state index is 0.0189. The van der Waals surface area contributed by atoms with Crippen LogP contribution in [0.5, 0.6) is 11.5 Å². The molecule has 3 amide bonds. The molecule has 0 aliphatic heterocycles. The molecule has 4 aromatic rings. The summed E-state index contributed by atoms with van der Waals surface area (Å²) in [5.74, 6) is -0.367.